The zero-order chi connectivity index (χ0) is 15.5. The number of unbranched alkanes of at least 4 members (excludes halogenated alkanes) is 1. The second-order valence-electron chi connectivity index (χ2n) is 5.46. The van der Waals surface area contributed by atoms with E-state index >= 15 is 0 Å². The lowest BCUT2D eigenvalue weighted by Gasteiger charge is -2.37. The fourth-order valence-electron chi connectivity index (χ4n) is 3.00. The predicted octanol–water partition coefficient (Wildman–Crippen LogP) is 1.93. The Morgan fingerprint density at radius 2 is 2.05 bits per heavy atom. The van der Waals surface area contributed by atoms with Gasteiger partial charge in [0, 0.05) is 7.11 Å². The van der Waals surface area contributed by atoms with E-state index in [1.54, 1.807) is 13.8 Å². The van der Waals surface area contributed by atoms with Crippen LogP contribution in [0.3, 0.4) is 0 Å². The monoisotopic (exact) mass is 284 g/mol. The molecule has 0 saturated heterocycles. The predicted molar refractivity (Wildman–Crippen MR) is 74.4 cm³/mol. The van der Waals surface area contributed by atoms with Crippen LogP contribution in [0.2, 0.25) is 0 Å². The highest BCUT2D eigenvalue weighted by atomic mass is 16.5. The Labute approximate surface area is 119 Å². The number of Topliss-reactive ketones (excluding diaryl/α,β-unsaturated/α-hetero) is 1. The molecule has 0 radical (unpaired) electrons. The lowest BCUT2D eigenvalue weighted by molar-refractivity contribution is -0.150. The van der Waals surface area contributed by atoms with Crippen LogP contribution >= 0.6 is 0 Å². The van der Waals surface area contributed by atoms with Crippen molar-refractivity contribution in [3.8, 4) is 0 Å². The molecule has 0 aromatic rings. The van der Waals surface area contributed by atoms with E-state index in [0.717, 1.165) is 12.8 Å². The number of carbonyl (C=O) groups excluding carboxylic acids is 1. The number of ether oxygens (including phenoxy) is 1. The molecule has 114 valence electrons. The first-order valence-corrected chi connectivity index (χ1v) is 6.99. The minimum absolute atomic E-state index is 0.286. The highest BCUT2D eigenvalue weighted by molar-refractivity contribution is 6.03. The summed E-state index contributed by atoms with van der Waals surface area (Å²) < 4.78 is 5.39. The SMILES string of the molecule is CCCCC(OC)C1(O)C(C)=C(C)C(=O)C1CC(=O)O. The zero-order valence-corrected chi connectivity index (χ0v) is 12.6. The fourth-order valence-corrected chi connectivity index (χ4v) is 3.00. The average Bonchev–Trinajstić information content (AvgIpc) is 2.55. The summed E-state index contributed by atoms with van der Waals surface area (Å²) in [6.07, 6.45) is 1.44. The van der Waals surface area contributed by atoms with Gasteiger partial charge in [0.25, 0.3) is 0 Å². The van der Waals surface area contributed by atoms with Crippen LogP contribution in [0.4, 0.5) is 0 Å². The molecule has 1 rings (SSSR count). The second kappa shape index (κ2) is 6.50. The van der Waals surface area contributed by atoms with Gasteiger partial charge in [0.15, 0.2) is 5.78 Å². The van der Waals surface area contributed by atoms with Crippen molar-refractivity contribution < 1.29 is 24.5 Å². The van der Waals surface area contributed by atoms with E-state index in [4.69, 9.17) is 9.84 Å². The molecule has 5 nitrogen and oxygen atoms in total. The molecule has 3 atom stereocenters. The highest BCUT2D eigenvalue weighted by Crippen LogP contribution is 2.44. The number of ketones is 1. The van der Waals surface area contributed by atoms with Crippen LogP contribution < -0.4 is 0 Å². The van der Waals surface area contributed by atoms with Gasteiger partial charge in [-0.1, -0.05) is 19.8 Å². The maximum atomic E-state index is 12.2. The third kappa shape index (κ3) is 2.79. The standard InChI is InChI=1S/C15H24O5/c1-5-6-7-12(20-4)15(19)10(3)9(2)14(18)11(15)8-13(16)17/h11-12,19H,5-8H2,1-4H3,(H,16,17). The van der Waals surface area contributed by atoms with Crippen LogP contribution in [0, 0.1) is 5.92 Å². The molecule has 2 N–H and O–H groups in total. The first kappa shape index (κ1) is 16.9. The van der Waals surface area contributed by atoms with Crippen molar-refractivity contribution in [2.75, 3.05) is 7.11 Å². The summed E-state index contributed by atoms with van der Waals surface area (Å²) in [6, 6.07) is 0. The molecule has 5 heteroatoms. The van der Waals surface area contributed by atoms with Gasteiger partial charge in [-0.2, -0.15) is 0 Å². The summed E-state index contributed by atoms with van der Waals surface area (Å²) in [6.45, 7) is 5.35. The number of aliphatic carboxylic acids is 1. The van der Waals surface area contributed by atoms with Crippen LogP contribution in [0.1, 0.15) is 46.5 Å². The molecule has 0 amide bonds. The minimum atomic E-state index is -1.51. The molecule has 20 heavy (non-hydrogen) atoms. The van der Waals surface area contributed by atoms with Gasteiger partial charge in [0.2, 0.25) is 0 Å². The molecule has 0 aromatic carbocycles. The topological polar surface area (TPSA) is 83.8 Å². The number of allylic oxidation sites excluding steroid dienone is 1. The molecule has 3 unspecified atom stereocenters. The highest BCUT2D eigenvalue weighted by Gasteiger charge is 2.54. The van der Waals surface area contributed by atoms with Gasteiger partial charge in [-0.25, -0.2) is 0 Å². The normalized spacial score (nSPS) is 28.1. The summed E-state index contributed by atoms with van der Waals surface area (Å²) in [5.41, 5.74) is -0.516. The smallest absolute Gasteiger partial charge is 0.304 e. The molecule has 0 saturated carbocycles. The van der Waals surface area contributed by atoms with E-state index < -0.39 is 23.6 Å². The summed E-state index contributed by atoms with van der Waals surface area (Å²) in [7, 11) is 1.49. The van der Waals surface area contributed by atoms with E-state index in [2.05, 4.69) is 0 Å². The second-order valence-corrected chi connectivity index (χ2v) is 5.46. The van der Waals surface area contributed by atoms with Crippen LogP contribution in [0.15, 0.2) is 11.1 Å². The van der Waals surface area contributed by atoms with Gasteiger partial charge >= 0.3 is 5.97 Å². The first-order chi connectivity index (χ1) is 9.30. The van der Waals surface area contributed by atoms with Crippen LogP contribution in [0.5, 0.6) is 0 Å². The van der Waals surface area contributed by atoms with E-state index in [-0.39, 0.29) is 12.2 Å². The van der Waals surface area contributed by atoms with Crippen molar-refractivity contribution in [1.82, 2.24) is 0 Å². The summed E-state index contributed by atoms with van der Waals surface area (Å²) >= 11 is 0. The van der Waals surface area contributed by atoms with Crippen molar-refractivity contribution in [3.63, 3.8) is 0 Å². The van der Waals surface area contributed by atoms with Gasteiger partial charge in [-0.3, -0.25) is 9.59 Å². The number of hydrogen-bond donors (Lipinski definition) is 2. The molecule has 0 heterocycles. The van der Waals surface area contributed by atoms with E-state index in [1.807, 2.05) is 6.92 Å². The number of carboxylic acids is 1. The van der Waals surface area contributed by atoms with Gasteiger partial charge in [0.1, 0.15) is 5.60 Å². The number of hydrogen-bond acceptors (Lipinski definition) is 4. The number of methoxy groups -OCH3 is 1. The molecule has 0 aromatic heterocycles. The number of carbonyl (C=O) groups is 2. The summed E-state index contributed by atoms with van der Waals surface area (Å²) in [5, 5.41) is 20.0. The van der Waals surface area contributed by atoms with Crippen LogP contribution in [-0.4, -0.2) is 40.8 Å². The zero-order valence-electron chi connectivity index (χ0n) is 12.6. The Morgan fingerprint density at radius 3 is 2.50 bits per heavy atom. The van der Waals surface area contributed by atoms with Crippen molar-refractivity contribution >= 4 is 11.8 Å². The molecule has 1 aliphatic carbocycles. The third-order valence-corrected chi connectivity index (χ3v) is 4.35. The summed E-state index contributed by atoms with van der Waals surface area (Å²) in [4.78, 5) is 23.2. The maximum absolute atomic E-state index is 12.2. The minimum Gasteiger partial charge on any atom is -0.481 e. The Hall–Kier alpha value is -1.20. The average molecular weight is 284 g/mol. The molecular weight excluding hydrogens is 260 g/mol. The molecule has 1 aliphatic rings. The van der Waals surface area contributed by atoms with E-state index in [0.29, 0.717) is 17.6 Å². The van der Waals surface area contributed by atoms with Gasteiger partial charge < -0.3 is 14.9 Å². The van der Waals surface area contributed by atoms with E-state index in [1.165, 1.54) is 7.11 Å². The number of aliphatic hydroxyl groups is 1. The third-order valence-electron chi connectivity index (χ3n) is 4.35. The van der Waals surface area contributed by atoms with Gasteiger partial charge in [-0.05, 0) is 31.4 Å². The quantitative estimate of drug-likeness (QED) is 0.746. The lowest BCUT2D eigenvalue weighted by Crippen LogP contribution is -2.50. The van der Waals surface area contributed by atoms with Crippen molar-refractivity contribution in [2.24, 2.45) is 5.92 Å². The van der Waals surface area contributed by atoms with Crippen LogP contribution in [-0.2, 0) is 14.3 Å². The first-order valence-electron chi connectivity index (χ1n) is 6.99. The van der Waals surface area contributed by atoms with Crippen LogP contribution in [0.25, 0.3) is 0 Å². The molecule has 0 aliphatic heterocycles. The largest absolute Gasteiger partial charge is 0.481 e. The Kier molecular flexibility index (Phi) is 5.48. The molecule has 0 spiro atoms. The van der Waals surface area contributed by atoms with Crippen molar-refractivity contribution in [2.45, 2.75) is 58.2 Å². The summed E-state index contributed by atoms with van der Waals surface area (Å²) in [5.74, 6) is -2.33. The Morgan fingerprint density at radius 1 is 1.45 bits per heavy atom. The lowest BCUT2D eigenvalue weighted by atomic mass is 9.77. The van der Waals surface area contributed by atoms with Gasteiger partial charge in [0.05, 0.1) is 18.4 Å². The van der Waals surface area contributed by atoms with Gasteiger partial charge in [-0.15, -0.1) is 0 Å². The number of rotatable bonds is 7. The number of carboxylic acid groups (broad SMARTS) is 1. The molecule has 0 fully saturated rings. The fraction of sp³-hybridized carbons (Fsp3) is 0.733. The maximum Gasteiger partial charge on any atom is 0.304 e. The van der Waals surface area contributed by atoms with E-state index in [9.17, 15) is 14.7 Å². The Balaban J connectivity index is 3.17. The Bertz CT molecular complexity index is 426. The molecular formula is C15H24O5. The van der Waals surface area contributed by atoms with Crippen molar-refractivity contribution in [1.29, 1.82) is 0 Å². The van der Waals surface area contributed by atoms with Crippen molar-refractivity contribution in [3.05, 3.63) is 11.1 Å². The molecule has 0 bridgehead atoms.